The minimum absolute atomic E-state index is 0.201. The van der Waals surface area contributed by atoms with Gasteiger partial charge in [-0.05, 0) is 6.42 Å². The van der Waals surface area contributed by atoms with Gasteiger partial charge in [0, 0.05) is 12.8 Å². The van der Waals surface area contributed by atoms with E-state index in [9.17, 15) is 9.59 Å². The molecule has 2 rings (SSSR count). The summed E-state index contributed by atoms with van der Waals surface area (Å²) in [6.07, 6.45) is 4.79. The highest BCUT2D eigenvalue weighted by atomic mass is 16.7. The highest BCUT2D eigenvalue weighted by molar-refractivity contribution is 5.70. The molecule has 0 spiro atoms. The highest BCUT2D eigenvalue weighted by Crippen LogP contribution is 2.31. The van der Waals surface area contributed by atoms with E-state index in [-0.39, 0.29) is 24.1 Å². The van der Waals surface area contributed by atoms with Gasteiger partial charge in [0.2, 0.25) is 0 Å². The van der Waals surface area contributed by atoms with Gasteiger partial charge in [0.1, 0.15) is 12.2 Å². The van der Waals surface area contributed by atoms with Crippen LogP contribution in [0.1, 0.15) is 58.8 Å². The average molecular weight is 328 g/mol. The Hall–Kier alpha value is -1.14. The second-order valence-electron chi connectivity index (χ2n) is 6.17. The Bertz CT molecular complexity index is 397. The van der Waals surface area contributed by atoms with Crippen molar-refractivity contribution in [2.24, 2.45) is 0 Å². The second kappa shape index (κ2) is 9.23. The summed E-state index contributed by atoms with van der Waals surface area (Å²) in [5.41, 5.74) is 0. The minimum atomic E-state index is -0.398. The zero-order valence-corrected chi connectivity index (χ0v) is 14.1. The molecule has 0 radical (unpaired) electrons. The molecule has 2 aliphatic heterocycles. The molecule has 0 aromatic rings. The number of carbonyl (C=O) groups excluding carboxylic acids is 2. The predicted octanol–water partition coefficient (Wildman–Crippen LogP) is 2.38. The Morgan fingerprint density at radius 3 is 2.00 bits per heavy atom. The van der Waals surface area contributed by atoms with Gasteiger partial charge in [-0.15, -0.1) is 0 Å². The summed E-state index contributed by atoms with van der Waals surface area (Å²) in [4.78, 5) is 23.3. The molecule has 0 N–H and O–H groups in total. The van der Waals surface area contributed by atoms with Gasteiger partial charge in [0.25, 0.3) is 0 Å². The third kappa shape index (κ3) is 5.18. The van der Waals surface area contributed by atoms with E-state index in [1.807, 2.05) is 0 Å². The van der Waals surface area contributed by atoms with E-state index in [1.54, 1.807) is 6.92 Å². The lowest BCUT2D eigenvalue weighted by molar-refractivity contribution is -0.155. The Morgan fingerprint density at radius 1 is 0.870 bits per heavy atom. The van der Waals surface area contributed by atoms with Gasteiger partial charge in [0.15, 0.2) is 12.2 Å². The molecule has 0 aromatic carbocycles. The molecule has 0 bridgehead atoms. The lowest BCUT2D eigenvalue weighted by atomic mass is 10.1. The number of esters is 2. The fourth-order valence-corrected chi connectivity index (χ4v) is 2.98. The first-order valence-electron chi connectivity index (χ1n) is 8.77. The zero-order chi connectivity index (χ0) is 16.7. The maximum absolute atomic E-state index is 11.9. The topological polar surface area (TPSA) is 71.1 Å². The van der Waals surface area contributed by atoms with Gasteiger partial charge >= 0.3 is 11.9 Å². The van der Waals surface area contributed by atoms with Crippen LogP contribution in [0.25, 0.3) is 0 Å². The van der Waals surface area contributed by atoms with E-state index >= 15 is 0 Å². The SMILES string of the molecule is CCCCCCCC(=O)O[C@@H]1CO[C@H]2[C@@H]1OC[C@@H]2OC(=O)CC. The number of fused-ring (bicyclic) bond motifs is 1. The summed E-state index contributed by atoms with van der Waals surface area (Å²) < 4.78 is 22.0. The standard InChI is InChI=1S/C17H28O6/c1-3-5-6-7-8-9-15(19)23-13-11-21-16-12(10-20-17(13)16)22-14(18)4-2/h12-13,16-17H,3-11H2,1-2H3/t12-,13+,16+,17+/m0/s1. The first-order valence-corrected chi connectivity index (χ1v) is 8.77. The molecule has 132 valence electrons. The molecule has 0 saturated carbocycles. The molecule has 2 saturated heterocycles. The van der Waals surface area contributed by atoms with Crippen LogP contribution in [-0.4, -0.2) is 49.6 Å². The van der Waals surface area contributed by atoms with E-state index in [0.717, 1.165) is 19.3 Å². The normalized spacial score (nSPS) is 29.3. The summed E-state index contributed by atoms with van der Waals surface area (Å²) in [5.74, 6) is -0.469. The fraction of sp³-hybridized carbons (Fsp3) is 0.882. The Balaban J connectivity index is 1.70. The molecule has 0 unspecified atom stereocenters. The number of hydrogen-bond donors (Lipinski definition) is 0. The van der Waals surface area contributed by atoms with Crippen LogP contribution in [-0.2, 0) is 28.5 Å². The van der Waals surface area contributed by atoms with Gasteiger partial charge in [-0.3, -0.25) is 9.59 Å². The van der Waals surface area contributed by atoms with Gasteiger partial charge in [-0.1, -0.05) is 39.5 Å². The van der Waals surface area contributed by atoms with Crippen molar-refractivity contribution in [1.82, 2.24) is 0 Å². The van der Waals surface area contributed by atoms with E-state index in [0.29, 0.717) is 26.1 Å². The Morgan fingerprint density at radius 2 is 1.43 bits per heavy atom. The van der Waals surface area contributed by atoms with Gasteiger partial charge < -0.3 is 18.9 Å². The van der Waals surface area contributed by atoms with Crippen molar-refractivity contribution in [3.63, 3.8) is 0 Å². The molecule has 2 fully saturated rings. The number of hydrogen-bond acceptors (Lipinski definition) is 6. The first kappa shape index (κ1) is 18.2. The van der Waals surface area contributed by atoms with Crippen molar-refractivity contribution in [2.45, 2.75) is 83.2 Å². The van der Waals surface area contributed by atoms with Gasteiger partial charge in [-0.2, -0.15) is 0 Å². The molecule has 2 aliphatic rings. The molecule has 0 aromatic heterocycles. The van der Waals surface area contributed by atoms with Crippen LogP contribution in [0.4, 0.5) is 0 Å². The van der Waals surface area contributed by atoms with E-state index in [4.69, 9.17) is 18.9 Å². The molecule has 6 heteroatoms. The van der Waals surface area contributed by atoms with Crippen LogP contribution in [0.5, 0.6) is 0 Å². The summed E-state index contributed by atoms with van der Waals surface area (Å²) >= 11 is 0. The highest BCUT2D eigenvalue weighted by Gasteiger charge is 2.51. The van der Waals surface area contributed by atoms with Crippen molar-refractivity contribution in [1.29, 1.82) is 0 Å². The average Bonchev–Trinajstić information content (AvgIpc) is 3.11. The quantitative estimate of drug-likeness (QED) is 0.478. The lowest BCUT2D eigenvalue weighted by Crippen LogP contribution is -2.35. The van der Waals surface area contributed by atoms with E-state index in [1.165, 1.54) is 12.8 Å². The molecule has 4 atom stereocenters. The third-order valence-corrected chi connectivity index (χ3v) is 4.30. The van der Waals surface area contributed by atoms with Gasteiger partial charge in [-0.25, -0.2) is 0 Å². The minimum Gasteiger partial charge on any atom is -0.457 e. The molecule has 0 amide bonds. The van der Waals surface area contributed by atoms with Crippen molar-refractivity contribution >= 4 is 11.9 Å². The van der Waals surface area contributed by atoms with Crippen LogP contribution < -0.4 is 0 Å². The largest absolute Gasteiger partial charge is 0.457 e. The second-order valence-corrected chi connectivity index (χ2v) is 6.17. The van der Waals surface area contributed by atoms with Gasteiger partial charge in [0.05, 0.1) is 13.2 Å². The van der Waals surface area contributed by atoms with Crippen molar-refractivity contribution in [3.05, 3.63) is 0 Å². The fourth-order valence-electron chi connectivity index (χ4n) is 2.98. The van der Waals surface area contributed by atoms with Crippen LogP contribution in [0.15, 0.2) is 0 Å². The number of unbranched alkanes of at least 4 members (excludes halogenated alkanes) is 4. The predicted molar refractivity (Wildman–Crippen MR) is 82.9 cm³/mol. The Labute approximate surface area is 137 Å². The third-order valence-electron chi connectivity index (χ3n) is 4.30. The maximum atomic E-state index is 11.9. The van der Waals surface area contributed by atoms with Crippen molar-refractivity contribution < 1.29 is 28.5 Å². The van der Waals surface area contributed by atoms with Crippen molar-refractivity contribution in [2.75, 3.05) is 13.2 Å². The molecule has 23 heavy (non-hydrogen) atoms. The van der Waals surface area contributed by atoms with Crippen LogP contribution in [0.2, 0.25) is 0 Å². The smallest absolute Gasteiger partial charge is 0.306 e. The first-order chi connectivity index (χ1) is 11.2. The molecule has 6 nitrogen and oxygen atoms in total. The zero-order valence-electron chi connectivity index (χ0n) is 14.1. The van der Waals surface area contributed by atoms with E-state index < -0.39 is 12.2 Å². The van der Waals surface area contributed by atoms with Crippen molar-refractivity contribution in [3.8, 4) is 0 Å². The van der Waals surface area contributed by atoms with Crippen LogP contribution >= 0.6 is 0 Å². The van der Waals surface area contributed by atoms with E-state index in [2.05, 4.69) is 6.92 Å². The molecule has 0 aliphatic carbocycles. The van der Waals surface area contributed by atoms with Crippen LogP contribution in [0.3, 0.4) is 0 Å². The molecular weight excluding hydrogens is 300 g/mol. The lowest BCUT2D eigenvalue weighted by Gasteiger charge is -2.17. The molecule has 2 heterocycles. The monoisotopic (exact) mass is 328 g/mol. The summed E-state index contributed by atoms with van der Waals surface area (Å²) in [7, 11) is 0. The Kier molecular flexibility index (Phi) is 7.30. The summed E-state index contributed by atoms with van der Waals surface area (Å²) in [5, 5.41) is 0. The van der Waals surface area contributed by atoms with Crippen LogP contribution in [0, 0.1) is 0 Å². The number of carbonyl (C=O) groups is 2. The summed E-state index contributed by atoms with van der Waals surface area (Å²) in [6, 6.07) is 0. The number of rotatable bonds is 9. The summed E-state index contributed by atoms with van der Waals surface area (Å²) in [6.45, 7) is 4.51. The number of ether oxygens (including phenoxy) is 4. The maximum Gasteiger partial charge on any atom is 0.306 e. The molecular formula is C17H28O6.